The molecule has 0 amide bonds. The number of benzene rings is 2. The predicted molar refractivity (Wildman–Crippen MR) is 91.6 cm³/mol. The highest BCUT2D eigenvalue weighted by molar-refractivity contribution is 6.89. The minimum absolute atomic E-state index is 0.203. The van der Waals surface area contributed by atoms with Crippen molar-refractivity contribution < 1.29 is 4.79 Å². The van der Waals surface area contributed by atoms with Crippen LogP contribution in [-0.4, -0.2) is 13.9 Å². The average Bonchev–Trinajstić information content (AvgIpc) is 2.74. The van der Waals surface area contributed by atoms with E-state index in [0.29, 0.717) is 5.02 Å². The van der Waals surface area contributed by atoms with Crippen LogP contribution in [0.4, 0.5) is 0 Å². The molecular formula is C18H17ClOSi. The van der Waals surface area contributed by atoms with E-state index >= 15 is 0 Å². The third kappa shape index (κ3) is 2.39. The molecule has 0 N–H and O–H groups in total. The van der Waals surface area contributed by atoms with E-state index in [4.69, 9.17) is 11.6 Å². The lowest BCUT2D eigenvalue weighted by Gasteiger charge is -2.19. The number of halogens is 1. The highest BCUT2D eigenvalue weighted by atomic mass is 35.5. The maximum atomic E-state index is 12.8. The van der Waals surface area contributed by atoms with Gasteiger partial charge in [-0.2, -0.15) is 0 Å². The van der Waals surface area contributed by atoms with Gasteiger partial charge in [0.15, 0.2) is 5.78 Å². The molecule has 0 spiro atoms. The minimum Gasteiger partial charge on any atom is -0.289 e. The Labute approximate surface area is 131 Å². The Morgan fingerprint density at radius 1 is 0.857 bits per heavy atom. The van der Waals surface area contributed by atoms with Crippen LogP contribution in [0.3, 0.4) is 0 Å². The van der Waals surface area contributed by atoms with Gasteiger partial charge in [0.2, 0.25) is 0 Å². The summed E-state index contributed by atoms with van der Waals surface area (Å²) in [5, 5.41) is 1.73. The van der Waals surface area contributed by atoms with E-state index in [2.05, 4.69) is 19.6 Å². The van der Waals surface area contributed by atoms with E-state index in [1.165, 1.54) is 0 Å². The standard InChI is InChI=1S/C18H17ClOSi/c1-21(2,3)18-16(12-8-10-13(19)11-9-12)14-6-4-5-7-15(14)17(18)20/h4-11H,1-3H3. The second-order valence-corrected chi connectivity index (χ2v) is 11.8. The van der Waals surface area contributed by atoms with Gasteiger partial charge in [-0.15, -0.1) is 0 Å². The maximum Gasteiger partial charge on any atom is 0.186 e. The van der Waals surface area contributed by atoms with Crippen LogP contribution in [0, 0.1) is 0 Å². The van der Waals surface area contributed by atoms with Crippen molar-refractivity contribution in [2.24, 2.45) is 0 Å². The molecule has 0 atom stereocenters. The van der Waals surface area contributed by atoms with Gasteiger partial charge in [0, 0.05) is 10.6 Å². The molecule has 0 aliphatic heterocycles. The summed E-state index contributed by atoms with van der Waals surface area (Å²) < 4.78 is 0. The monoisotopic (exact) mass is 312 g/mol. The fraction of sp³-hybridized carbons (Fsp3) is 0.167. The Balaban J connectivity index is 2.31. The number of carbonyl (C=O) groups is 1. The lowest BCUT2D eigenvalue weighted by atomic mass is 9.99. The van der Waals surface area contributed by atoms with E-state index in [-0.39, 0.29) is 5.78 Å². The van der Waals surface area contributed by atoms with Crippen LogP contribution in [-0.2, 0) is 0 Å². The summed E-state index contributed by atoms with van der Waals surface area (Å²) in [5.41, 5.74) is 4.07. The first-order valence-electron chi connectivity index (χ1n) is 7.04. The summed E-state index contributed by atoms with van der Waals surface area (Å²) in [6, 6.07) is 15.7. The zero-order valence-corrected chi connectivity index (χ0v) is 14.2. The molecule has 0 saturated carbocycles. The fourth-order valence-electron chi connectivity index (χ4n) is 2.91. The first-order chi connectivity index (χ1) is 9.89. The van der Waals surface area contributed by atoms with Crippen LogP contribution < -0.4 is 0 Å². The van der Waals surface area contributed by atoms with Gasteiger partial charge in [-0.1, -0.05) is 67.6 Å². The highest BCUT2D eigenvalue weighted by Gasteiger charge is 2.37. The summed E-state index contributed by atoms with van der Waals surface area (Å²) in [4.78, 5) is 12.8. The number of carbonyl (C=O) groups excluding carboxylic acids is 1. The second kappa shape index (κ2) is 4.97. The van der Waals surface area contributed by atoms with E-state index in [1.807, 2.05) is 48.5 Å². The molecule has 1 aliphatic rings. The molecule has 2 aromatic carbocycles. The second-order valence-electron chi connectivity index (χ2n) is 6.38. The van der Waals surface area contributed by atoms with Crippen molar-refractivity contribution in [3.05, 3.63) is 75.4 Å². The van der Waals surface area contributed by atoms with Gasteiger partial charge in [-0.25, -0.2) is 0 Å². The average molecular weight is 313 g/mol. The number of allylic oxidation sites excluding steroid dienone is 1. The number of fused-ring (bicyclic) bond motifs is 1. The molecule has 0 saturated heterocycles. The van der Waals surface area contributed by atoms with E-state index in [0.717, 1.165) is 27.5 Å². The molecule has 2 aromatic rings. The number of ketones is 1. The van der Waals surface area contributed by atoms with Gasteiger partial charge in [0.25, 0.3) is 0 Å². The Morgan fingerprint density at radius 3 is 2.00 bits per heavy atom. The first kappa shape index (κ1) is 14.3. The molecule has 3 rings (SSSR count). The molecule has 0 aromatic heterocycles. The third-order valence-electron chi connectivity index (χ3n) is 3.80. The van der Waals surface area contributed by atoms with Crippen molar-refractivity contribution in [2.75, 3.05) is 0 Å². The minimum atomic E-state index is -1.75. The van der Waals surface area contributed by atoms with Crippen LogP contribution >= 0.6 is 11.6 Å². The third-order valence-corrected chi connectivity index (χ3v) is 6.03. The van der Waals surface area contributed by atoms with Gasteiger partial charge in [-0.05, 0) is 34.0 Å². The Kier molecular flexibility index (Phi) is 3.38. The zero-order valence-electron chi connectivity index (χ0n) is 12.4. The normalized spacial score (nSPS) is 14.6. The van der Waals surface area contributed by atoms with Gasteiger partial charge in [0.1, 0.15) is 0 Å². The molecule has 0 radical (unpaired) electrons. The van der Waals surface area contributed by atoms with Crippen LogP contribution in [0.5, 0.6) is 0 Å². The van der Waals surface area contributed by atoms with E-state index < -0.39 is 8.07 Å². The molecule has 0 heterocycles. The smallest absolute Gasteiger partial charge is 0.186 e. The summed E-state index contributed by atoms with van der Waals surface area (Å²) in [6.07, 6.45) is 0. The lowest BCUT2D eigenvalue weighted by Crippen LogP contribution is -2.28. The Hall–Kier alpha value is -1.64. The SMILES string of the molecule is C[Si](C)(C)C1=C(c2ccc(Cl)cc2)c2ccccc2C1=O. The maximum absolute atomic E-state index is 12.8. The van der Waals surface area contributed by atoms with Crippen molar-refractivity contribution >= 4 is 31.0 Å². The quantitative estimate of drug-likeness (QED) is 0.695. The predicted octanol–water partition coefficient (Wildman–Crippen LogP) is 5.22. The molecule has 0 bridgehead atoms. The summed E-state index contributed by atoms with van der Waals surface area (Å²) in [5.74, 6) is 0.203. The molecule has 0 fully saturated rings. The summed E-state index contributed by atoms with van der Waals surface area (Å²) in [6.45, 7) is 6.67. The van der Waals surface area contributed by atoms with Gasteiger partial charge < -0.3 is 0 Å². The van der Waals surface area contributed by atoms with Crippen LogP contribution in [0.15, 0.2) is 53.7 Å². The number of rotatable bonds is 2. The largest absolute Gasteiger partial charge is 0.289 e. The van der Waals surface area contributed by atoms with Crippen LogP contribution in [0.2, 0.25) is 24.7 Å². The highest BCUT2D eigenvalue weighted by Crippen LogP contribution is 2.41. The van der Waals surface area contributed by atoms with Crippen molar-refractivity contribution in [3.63, 3.8) is 0 Å². The van der Waals surface area contributed by atoms with Gasteiger partial charge in [-0.3, -0.25) is 4.79 Å². The first-order valence-corrected chi connectivity index (χ1v) is 10.9. The number of hydrogen-bond donors (Lipinski definition) is 0. The fourth-order valence-corrected chi connectivity index (χ4v) is 4.88. The Morgan fingerprint density at radius 2 is 1.43 bits per heavy atom. The molecule has 1 aliphatic carbocycles. The molecular weight excluding hydrogens is 296 g/mol. The van der Waals surface area contributed by atoms with Crippen molar-refractivity contribution in [2.45, 2.75) is 19.6 Å². The van der Waals surface area contributed by atoms with Crippen molar-refractivity contribution in [3.8, 4) is 0 Å². The molecule has 3 heteroatoms. The molecule has 0 unspecified atom stereocenters. The van der Waals surface area contributed by atoms with E-state index in [1.54, 1.807) is 0 Å². The van der Waals surface area contributed by atoms with Crippen LogP contribution in [0.1, 0.15) is 21.5 Å². The topological polar surface area (TPSA) is 17.1 Å². The summed E-state index contributed by atoms with van der Waals surface area (Å²) >= 11 is 6.00. The van der Waals surface area contributed by atoms with E-state index in [9.17, 15) is 4.79 Å². The number of hydrogen-bond acceptors (Lipinski definition) is 1. The molecule has 106 valence electrons. The van der Waals surface area contributed by atoms with Crippen molar-refractivity contribution in [1.29, 1.82) is 0 Å². The molecule has 1 nitrogen and oxygen atoms in total. The zero-order chi connectivity index (χ0) is 15.2. The van der Waals surface area contributed by atoms with Gasteiger partial charge >= 0.3 is 0 Å². The summed E-state index contributed by atoms with van der Waals surface area (Å²) in [7, 11) is -1.75. The van der Waals surface area contributed by atoms with Crippen molar-refractivity contribution in [1.82, 2.24) is 0 Å². The Bertz CT molecular complexity index is 752. The lowest BCUT2D eigenvalue weighted by molar-refractivity contribution is 0.104. The van der Waals surface area contributed by atoms with Gasteiger partial charge in [0.05, 0.1) is 8.07 Å². The number of Topliss-reactive ketones (excluding diaryl/α,β-unsaturated/α-hetero) is 1. The molecule has 21 heavy (non-hydrogen) atoms. The van der Waals surface area contributed by atoms with Crippen LogP contribution in [0.25, 0.3) is 5.57 Å².